The average molecular weight is 761 g/mol. The number of nitrogens with one attached hydrogen (secondary N) is 3. The Kier molecular flexibility index (Phi) is 14.0. The molecule has 55 heavy (non-hydrogen) atoms. The van der Waals surface area contributed by atoms with Crippen LogP contribution in [0.5, 0.6) is 5.75 Å². The van der Waals surface area contributed by atoms with Crippen LogP contribution in [0.1, 0.15) is 91.0 Å². The highest BCUT2D eigenvalue weighted by Gasteiger charge is 2.47. The lowest BCUT2D eigenvalue weighted by molar-refractivity contribution is -0.162. The zero-order chi connectivity index (χ0) is 39.8. The van der Waals surface area contributed by atoms with E-state index in [1.807, 2.05) is 25.1 Å². The first-order valence-electron chi connectivity index (χ1n) is 20.1. The number of carbonyl (C=O) groups excluding carboxylic acids is 5. The third-order valence-corrected chi connectivity index (χ3v) is 11.4. The number of fused-ring (bicyclic) bond motifs is 3. The fourth-order valence-corrected chi connectivity index (χ4v) is 8.22. The van der Waals surface area contributed by atoms with Crippen LogP contribution in [0, 0.1) is 5.92 Å². The second kappa shape index (κ2) is 18.7. The van der Waals surface area contributed by atoms with Crippen molar-refractivity contribution in [2.75, 3.05) is 19.6 Å². The highest BCUT2D eigenvalue weighted by Crippen LogP contribution is 2.29. The molecular formula is C42H60N6O7. The number of phenolic OH excluding ortho intramolecular Hbond substituents is 1. The molecule has 0 saturated carbocycles. The van der Waals surface area contributed by atoms with Crippen LogP contribution in [-0.2, 0) is 35.1 Å². The lowest BCUT2D eigenvalue weighted by atomic mass is 9.91. The summed E-state index contributed by atoms with van der Waals surface area (Å²) < 4.78 is 6.05. The number of unbranched alkanes of at least 4 members (excludes halogenated alkanes) is 2. The molecule has 4 heterocycles. The Bertz CT molecular complexity index is 1650. The van der Waals surface area contributed by atoms with Gasteiger partial charge in [-0.05, 0) is 94.9 Å². The molecule has 0 bridgehead atoms. The highest BCUT2D eigenvalue weighted by molar-refractivity contribution is 5.96. The van der Waals surface area contributed by atoms with Gasteiger partial charge in [0, 0.05) is 31.0 Å². The number of hydrogen-bond acceptors (Lipinski definition) is 9. The van der Waals surface area contributed by atoms with E-state index >= 15 is 0 Å². The standard InChI is InChI=1S/C42H60N6O7/c1-7-8-9-10-14-27(3)43-33(25-31-15-11-16-32(49)24-31)28(4)44-37-30(6)55-42(54)35-18-13-21-47(35)39(51)29(5)45-38(50)36-23-26(2)19-22-48(36)40(52)34-17-12-20-46(34)41(37)53/h10-11,14-16,24,26,29-30,33-37,43-44,49H,3-4,7-9,12-13,17-23,25H2,1-2,5-6H3,(H,45,50)/b14-10+/t26?,29-,30-,33-,34-,35-,36-,37-/m0/s1. The normalized spacial score (nSPS) is 28.6. The second-order valence-corrected chi connectivity index (χ2v) is 15.7. The molecule has 1 unspecified atom stereocenters. The number of ether oxygens (including phenoxy) is 1. The van der Waals surface area contributed by atoms with Crippen LogP contribution >= 0.6 is 0 Å². The van der Waals surface area contributed by atoms with E-state index in [9.17, 15) is 29.1 Å². The SMILES string of the molecule is C=C(/C=C/CCCC)N[C@@H](Cc1cccc(O)c1)C(=C)N[C@@H]1C(=O)N2CCC[C@H]2C(=O)N2CCC(C)C[C@H]2C(=O)N[C@@H](C)C(=O)N2CCC[C@H]2C(=O)O[C@H]1C. The van der Waals surface area contributed by atoms with E-state index in [2.05, 4.69) is 36.0 Å². The van der Waals surface area contributed by atoms with E-state index in [1.54, 1.807) is 41.8 Å². The van der Waals surface area contributed by atoms with Crippen molar-refractivity contribution in [1.29, 1.82) is 0 Å². The van der Waals surface area contributed by atoms with E-state index in [0.717, 1.165) is 24.8 Å². The number of rotatable bonds is 11. The zero-order valence-electron chi connectivity index (χ0n) is 32.9. The third-order valence-electron chi connectivity index (χ3n) is 11.4. The summed E-state index contributed by atoms with van der Waals surface area (Å²) in [6, 6.07) is 1.81. The number of nitrogens with zero attached hydrogens (tertiary/aromatic N) is 3. The monoisotopic (exact) mass is 760 g/mol. The molecule has 0 aromatic heterocycles. The number of piperidine rings is 1. The van der Waals surface area contributed by atoms with Gasteiger partial charge >= 0.3 is 5.97 Å². The van der Waals surface area contributed by atoms with Crippen molar-refractivity contribution in [2.24, 2.45) is 5.92 Å². The molecule has 5 rings (SSSR count). The van der Waals surface area contributed by atoms with Crippen LogP contribution in [0.4, 0.5) is 0 Å². The Morgan fingerprint density at radius 3 is 2.35 bits per heavy atom. The van der Waals surface area contributed by atoms with Gasteiger partial charge in [0.15, 0.2) is 0 Å². The first kappa shape index (κ1) is 41.4. The quantitative estimate of drug-likeness (QED) is 0.150. The summed E-state index contributed by atoms with van der Waals surface area (Å²) in [5.74, 6) is -1.91. The molecule has 4 fully saturated rings. The van der Waals surface area contributed by atoms with Gasteiger partial charge in [0.2, 0.25) is 23.6 Å². The number of carbonyl (C=O) groups is 5. The van der Waals surface area contributed by atoms with Gasteiger partial charge in [-0.15, -0.1) is 0 Å². The molecule has 13 nitrogen and oxygen atoms in total. The molecule has 0 spiro atoms. The number of allylic oxidation sites excluding steroid dienone is 2. The number of hydrogen-bond donors (Lipinski definition) is 4. The van der Waals surface area contributed by atoms with Crippen molar-refractivity contribution in [2.45, 2.75) is 134 Å². The molecule has 8 atom stereocenters. The number of esters is 1. The van der Waals surface area contributed by atoms with Gasteiger partial charge in [-0.2, -0.15) is 0 Å². The second-order valence-electron chi connectivity index (χ2n) is 15.7. The van der Waals surface area contributed by atoms with Gasteiger partial charge in [0.25, 0.3) is 0 Å². The summed E-state index contributed by atoms with van der Waals surface area (Å²) in [5.41, 5.74) is 1.86. The van der Waals surface area contributed by atoms with E-state index in [1.165, 1.54) is 4.90 Å². The van der Waals surface area contributed by atoms with Gasteiger partial charge in [-0.25, -0.2) is 4.79 Å². The lowest BCUT2D eigenvalue weighted by Gasteiger charge is -2.41. The molecule has 4 amide bonds. The van der Waals surface area contributed by atoms with Crippen LogP contribution in [0.15, 0.2) is 61.0 Å². The Hall–Kier alpha value is -4.81. The third kappa shape index (κ3) is 10.1. The largest absolute Gasteiger partial charge is 0.508 e. The molecular weight excluding hydrogens is 700 g/mol. The van der Waals surface area contributed by atoms with Gasteiger partial charge in [-0.1, -0.05) is 58.1 Å². The minimum Gasteiger partial charge on any atom is -0.508 e. The highest BCUT2D eigenvalue weighted by atomic mass is 16.5. The molecule has 0 radical (unpaired) electrons. The van der Waals surface area contributed by atoms with Crippen molar-refractivity contribution in [3.05, 3.63) is 66.5 Å². The van der Waals surface area contributed by atoms with E-state index in [4.69, 9.17) is 4.74 Å². The van der Waals surface area contributed by atoms with Gasteiger partial charge in [0.05, 0.1) is 6.04 Å². The molecule has 1 aromatic rings. The van der Waals surface area contributed by atoms with Gasteiger partial charge in [0.1, 0.15) is 42.1 Å². The minimum atomic E-state index is -1.15. The van der Waals surface area contributed by atoms with Gasteiger partial charge in [-0.3, -0.25) is 19.2 Å². The first-order chi connectivity index (χ1) is 26.3. The summed E-state index contributed by atoms with van der Waals surface area (Å²) in [6.07, 6.45) is 9.42. The van der Waals surface area contributed by atoms with Gasteiger partial charge < -0.3 is 40.5 Å². The minimum absolute atomic E-state index is 0.114. The molecule has 4 N–H and O–H groups in total. The molecule has 300 valence electrons. The number of cyclic esters (lactones) is 1. The summed E-state index contributed by atoms with van der Waals surface area (Å²) in [4.78, 5) is 75.2. The summed E-state index contributed by atoms with van der Waals surface area (Å²) >= 11 is 0. The number of benzene rings is 1. The predicted molar refractivity (Wildman–Crippen MR) is 209 cm³/mol. The van der Waals surface area contributed by atoms with Crippen LogP contribution in [0.25, 0.3) is 0 Å². The van der Waals surface area contributed by atoms with Crippen molar-refractivity contribution in [1.82, 2.24) is 30.7 Å². The average Bonchev–Trinajstić information content (AvgIpc) is 3.85. The fraction of sp³-hybridized carbons (Fsp3) is 0.595. The Labute approximate surface area is 325 Å². The van der Waals surface area contributed by atoms with Crippen LogP contribution < -0.4 is 16.0 Å². The van der Waals surface area contributed by atoms with Crippen molar-refractivity contribution < 1.29 is 33.8 Å². The maximum Gasteiger partial charge on any atom is 0.329 e. The number of phenols is 1. The smallest absolute Gasteiger partial charge is 0.329 e. The Morgan fingerprint density at radius 1 is 0.945 bits per heavy atom. The predicted octanol–water partition coefficient (Wildman–Crippen LogP) is 3.68. The molecule has 1 aromatic carbocycles. The van der Waals surface area contributed by atoms with Crippen LogP contribution in [0.3, 0.4) is 0 Å². The van der Waals surface area contributed by atoms with Crippen LogP contribution in [-0.4, -0.2) is 111 Å². The topological polar surface area (TPSA) is 161 Å². The molecule has 4 saturated heterocycles. The van der Waals surface area contributed by atoms with Crippen LogP contribution in [0.2, 0.25) is 0 Å². The van der Waals surface area contributed by atoms with Crippen molar-refractivity contribution in [3.63, 3.8) is 0 Å². The van der Waals surface area contributed by atoms with Crippen molar-refractivity contribution >= 4 is 29.6 Å². The Morgan fingerprint density at radius 2 is 1.64 bits per heavy atom. The lowest BCUT2D eigenvalue weighted by Crippen LogP contribution is -2.62. The maximum absolute atomic E-state index is 14.8. The van der Waals surface area contributed by atoms with E-state index in [0.29, 0.717) is 76.0 Å². The Balaban J connectivity index is 1.49. The van der Waals surface area contributed by atoms with Crippen molar-refractivity contribution in [3.8, 4) is 5.75 Å². The molecule has 0 aliphatic carbocycles. The first-order valence-corrected chi connectivity index (χ1v) is 20.1. The fourth-order valence-electron chi connectivity index (χ4n) is 8.22. The van der Waals surface area contributed by atoms with E-state index < -0.39 is 66.0 Å². The van der Waals surface area contributed by atoms with E-state index in [-0.39, 0.29) is 17.6 Å². The molecule has 4 aliphatic heterocycles. The zero-order valence-corrected chi connectivity index (χ0v) is 32.9. The maximum atomic E-state index is 14.8. The number of amides is 4. The molecule has 13 heteroatoms. The summed E-state index contributed by atoms with van der Waals surface area (Å²) in [6.45, 7) is 17.0. The summed E-state index contributed by atoms with van der Waals surface area (Å²) in [7, 11) is 0. The molecule has 4 aliphatic rings. The number of aromatic hydroxyl groups is 1. The summed E-state index contributed by atoms with van der Waals surface area (Å²) in [5, 5.41) is 19.8.